The Morgan fingerprint density at radius 3 is 1.07 bits per heavy atom. The fraction of sp³-hybridized carbons (Fsp3) is 0.939. The van der Waals surface area contributed by atoms with Crippen molar-refractivity contribution >= 4 is 17.9 Å². The third-order valence-electron chi connectivity index (χ3n) is 11.2. The number of hydrogen-bond acceptors (Lipinski definition) is 7. The highest BCUT2D eigenvalue weighted by Gasteiger charge is 2.19. The third-order valence-corrected chi connectivity index (χ3v) is 11.2. The normalized spacial score (nSPS) is 12.1. The number of aliphatic carboxylic acids is 1. The van der Waals surface area contributed by atoms with Crippen LogP contribution in [0, 0.1) is 0 Å². The predicted octanol–water partition coefficient (Wildman–Crippen LogP) is 14.4. The smallest absolute Gasteiger partial charge is 0.335 e. The second-order valence-corrected chi connectivity index (χ2v) is 16.8. The van der Waals surface area contributed by atoms with Crippen LogP contribution in [0.1, 0.15) is 259 Å². The van der Waals surface area contributed by atoms with E-state index < -0.39 is 12.1 Å². The molecule has 0 saturated heterocycles. The van der Waals surface area contributed by atoms with Crippen molar-refractivity contribution in [2.75, 3.05) is 19.8 Å². The molecule has 0 radical (unpaired) electrons. The van der Waals surface area contributed by atoms with Gasteiger partial charge in [-0.1, -0.05) is 169 Å². The van der Waals surface area contributed by atoms with Gasteiger partial charge in [-0.15, -0.1) is 0 Å². The van der Waals surface area contributed by atoms with Crippen LogP contribution >= 0.6 is 0 Å². The maximum Gasteiger partial charge on any atom is 0.335 e. The van der Waals surface area contributed by atoms with Gasteiger partial charge in [0.05, 0.1) is 6.61 Å². The largest absolute Gasteiger partial charge is 0.479 e. The van der Waals surface area contributed by atoms with Gasteiger partial charge < -0.3 is 24.1 Å². The predicted molar refractivity (Wildman–Crippen MR) is 237 cm³/mol. The molecule has 0 aromatic carbocycles. The molecule has 0 aliphatic carbocycles. The zero-order chi connectivity index (χ0) is 41.9. The Hall–Kier alpha value is -1.67. The highest BCUT2D eigenvalue weighted by Crippen LogP contribution is 2.20. The minimum Gasteiger partial charge on any atom is -0.479 e. The molecule has 0 aromatic rings. The van der Waals surface area contributed by atoms with Crippen molar-refractivity contribution in [2.45, 2.75) is 277 Å². The Balaban J connectivity index is 4.27. The molecule has 0 bridgehead atoms. The molecule has 8 heteroatoms. The summed E-state index contributed by atoms with van der Waals surface area (Å²) >= 11 is 0. The first-order valence-electron chi connectivity index (χ1n) is 24.7. The van der Waals surface area contributed by atoms with Crippen LogP contribution in [0.4, 0.5) is 0 Å². The SMILES string of the molecule is CCCCCCCCC(CCCCCCCC)OC(=O)CCCCCOCC(OCCCCCC(=O)OC(CCCCCCCC)CCCCCCCC)C(=O)O. The van der Waals surface area contributed by atoms with E-state index in [4.69, 9.17) is 18.9 Å². The summed E-state index contributed by atoms with van der Waals surface area (Å²) in [6.07, 6.45) is 38.1. The van der Waals surface area contributed by atoms with Gasteiger partial charge in [0.1, 0.15) is 12.2 Å². The summed E-state index contributed by atoms with van der Waals surface area (Å²) in [7, 11) is 0. The standard InChI is InChI=1S/C49H94O8/c1-5-9-13-17-21-27-35-44(36-28-22-18-14-10-6-2)56-47(50)39-31-25-33-41-54-43-46(49(52)53)55-42-34-26-32-40-48(51)57-45(37-29-23-19-15-11-7-3)38-30-24-20-16-12-8-4/h44-46H,5-43H2,1-4H3,(H,52,53). The molecule has 8 nitrogen and oxygen atoms in total. The number of esters is 2. The van der Waals surface area contributed by atoms with E-state index in [1.165, 1.54) is 128 Å². The van der Waals surface area contributed by atoms with Gasteiger partial charge in [0.2, 0.25) is 0 Å². The summed E-state index contributed by atoms with van der Waals surface area (Å²) in [5, 5.41) is 9.62. The first-order chi connectivity index (χ1) is 27.9. The fourth-order valence-electron chi connectivity index (χ4n) is 7.43. The summed E-state index contributed by atoms with van der Waals surface area (Å²) in [6.45, 7) is 9.70. The molecule has 1 unspecified atom stereocenters. The van der Waals surface area contributed by atoms with Gasteiger partial charge in [0.25, 0.3) is 0 Å². The van der Waals surface area contributed by atoms with Gasteiger partial charge in [0, 0.05) is 26.1 Å². The molecule has 0 amide bonds. The van der Waals surface area contributed by atoms with Crippen molar-refractivity contribution < 1.29 is 38.4 Å². The van der Waals surface area contributed by atoms with Gasteiger partial charge >= 0.3 is 17.9 Å². The molecular weight excluding hydrogens is 717 g/mol. The van der Waals surface area contributed by atoms with E-state index in [-0.39, 0.29) is 30.8 Å². The van der Waals surface area contributed by atoms with Crippen LogP contribution in [0.5, 0.6) is 0 Å². The molecule has 0 spiro atoms. The Labute approximate surface area is 352 Å². The highest BCUT2D eigenvalue weighted by atomic mass is 16.6. The van der Waals surface area contributed by atoms with Crippen LogP contribution in [0.25, 0.3) is 0 Å². The van der Waals surface area contributed by atoms with Crippen molar-refractivity contribution in [3.05, 3.63) is 0 Å². The second kappa shape index (κ2) is 43.9. The molecule has 0 heterocycles. The quantitative estimate of drug-likeness (QED) is 0.0478. The molecule has 1 N–H and O–H groups in total. The summed E-state index contributed by atoms with van der Waals surface area (Å²) in [6, 6.07) is 0. The molecule has 1 atom stereocenters. The molecule has 0 saturated carbocycles. The third kappa shape index (κ3) is 39.6. The van der Waals surface area contributed by atoms with Crippen molar-refractivity contribution in [3.63, 3.8) is 0 Å². The van der Waals surface area contributed by atoms with E-state index in [1.54, 1.807) is 0 Å². The number of ether oxygens (including phenoxy) is 4. The van der Waals surface area contributed by atoms with Crippen LogP contribution in [0.2, 0.25) is 0 Å². The average molecular weight is 811 g/mol. The lowest BCUT2D eigenvalue weighted by Crippen LogP contribution is -2.29. The molecule has 57 heavy (non-hydrogen) atoms. The van der Waals surface area contributed by atoms with Crippen LogP contribution in [-0.2, 0) is 33.3 Å². The monoisotopic (exact) mass is 811 g/mol. The van der Waals surface area contributed by atoms with Crippen LogP contribution in [-0.4, -0.2) is 61.1 Å². The topological polar surface area (TPSA) is 108 Å². The maximum absolute atomic E-state index is 12.7. The summed E-state index contributed by atoms with van der Waals surface area (Å²) in [5.41, 5.74) is 0. The lowest BCUT2D eigenvalue weighted by molar-refractivity contribution is -0.155. The molecule has 0 aliphatic rings. The van der Waals surface area contributed by atoms with Gasteiger partial charge in [-0.2, -0.15) is 0 Å². The Morgan fingerprint density at radius 2 is 0.719 bits per heavy atom. The number of rotatable bonds is 46. The Morgan fingerprint density at radius 1 is 0.404 bits per heavy atom. The van der Waals surface area contributed by atoms with Crippen LogP contribution in [0.15, 0.2) is 0 Å². The second-order valence-electron chi connectivity index (χ2n) is 16.8. The first kappa shape index (κ1) is 55.3. The minimum absolute atomic E-state index is 0.000859. The highest BCUT2D eigenvalue weighted by molar-refractivity contribution is 5.72. The summed E-state index contributed by atoms with van der Waals surface area (Å²) in [5.74, 6) is -1.23. The van der Waals surface area contributed by atoms with E-state index in [1.807, 2.05) is 0 Å². The van der Waals surface area contributed by atoms with Crippen molar-refractivity contribution in [2.24, 2.45) is 0 Å². The van der Waals surface area contributed by atoms with E-state index in [0.717, 1.165) is 77.0 Å². The van der Waals surface area contributed by atoms with Crippen molar-refractivity contribution in [3.8, 4) is 0 Å². The maximum atomic E-state index is 12.7. The molecule has 0 rings (SSSR count). The van der Waals surface area contributed by atoms with Gasteiger partial charge in [-0.25, -0.2) is 4.79 Å². The summed E-state index contributed by atoms with van der Waals surface area (Å²) in [4.78, 5) is 37.1. The summed E-state index contributed by atoms with van der Waals surface area (Å²) < 4.78 is 23.2. The first-order valence-corrected chi connectivity index (χ1v) is 24.7. The molecule has 0 aliphatic heterocycles. The van der Waals surface area contributed by atoms with E-state index >= 15 is 0 Å². The number of carboxylic acid groups (broad SMARTS) is 1. The molecule has 0 aromatic heterocycles. The van der Waals surface area contributed by atoms with E-state index in [9.17, 15) is 19.5 Å². The average Bonchev–Trinajstić information content (AvgIpc) is 3.19. The number of carboxylic acids is 1. The number of carbonyl (C=O) groups excluding carboxylic acids is 2. The minimum atomic E-state index is -1.03. The molecule has 338 valence electrons. The van der Waals surface area contributed by atoms with Crippen molar-refractivity contribution in [1.82, 2.24) is 0 Å². The van der Waals surface area contributed by atoms with Gasteiger partial charge in [0.15, 0.2) is 6.10 Å². The van der Waals surface area contributed by atoms with Gasteiger partial charge in [-0.05, 0) is 77.0 Å². The van der Waals surface area contributed by atoms with E-state index in [0.29, 0.717) is 38.9 Å². The fourth-order valence-corrected chi connectivity index (χ4v) is 7.43. The lowest BCUT2D eigenvalue weighted by Gasteiger charge is -2.18. The number of carbonyl (C=O) groups is 3. The van der Waals surface area contributed by atoms with E-state index in [2.05, 4.69) is 27.7 Å². The lowest BCUT2D eigenvalue weighted by atomic mass is 10.0. The zero-order valence-corrected chi connectivity index (χ0v) is 38.1. The van der Waals surface area contributed by atoms with Crippen LogP contribution in [0.3, 0.4) is 0 Å². The Kier molecular flexibility index (Phi) is 42.6. The zero-order valence-electron chi connectivity index (χ0n) is 38.1. The number of hydrogen-bond donors (Lipinski definition) is 1. The number of unbranched alkanes of at least 4 members (excludes halogenated alkanes) is 24. The van der Waals surface area contributed by atoms with Gasteiger partial charge in [-0.3, -0.25) is 9.59 Å². The molecular formula is C49H94O8. The van der Waals surface area contributed by atoms with Crippen molar-refractivity contribution in [1.29, 1.82) is 0 Å². The Bertz CT molecular complexity index is 847. The van der Waals surface area contributed by atoms with Crippen LogP contribution < -0.4 is 0 Å². The molecule has 0 fully saturated rings.